The average Bonchev–Trinajstić information content (AvgIpc) is 1.35. The van der Waals surface area contributed by atoms with Crippen molar-refractivity contribution in [3.63, 3.8) is 0 Å². The fraction of sp³-hybridized carbons (Fsp3) is 1.00. The molecule has 0 rings (SSSR count). The number of halogens is 2. The lowest BCUT2D eigenvalue weighted by Gasteiger charge is -2.03. The normalized spacial score (nSPS) is 7.50. The molecule has 2 N–H and O–H groups in total. The molecule has 0 aromatic carbocycles. The predicted octanol–water partition coefficient (Wildman–Crippen LogP) is 1.05. The van der Waals surface area contributed by atoms with Crippen LogP contribution in [-0.2, 0) is 0 Å². The summed E-state index contributed by atoms with van der Waals surface area (Å²) < 4.78 is 0. The van der Waals surface area contributed by atoms with Crippen molar-refractivity contribution >= 4 is 24.8 Å². The van der Waals surface area contributed by atoms with Gasteiger partial charge in [-0.05, 0) is 6.42 Å². The van der Waals surface area contributed by atoms with Gasteiger partial charge in [-0.25, -0.2) is 0 Å². The maximum atomic E-state index is 5.24. The van der Waals surface area contributed by atoms with Crippen molar-refractivity contribution in [3.05, 3.63) is 0 Å². The fourth-order valence-corrected chi connectivity index (χ4v) is 0.353. The van der Waals surface area contributed by atoms with Crippen LogP contribution in [0, 0.1) is 0 Å². The van der Waals surface area contributed by atoms with Gasteiger partial charge in [0.15, 0.2) is 0 Å². The Morgan fingerprint density at radius 1 is 1.38 bits per heavy atom. The Morgan fingerprint density at radius 3 is 1.75 bits per heavy atom. The molecule has 2 nitrogen and oxygen atoms in total. The Kier molecular flexibility index (Phi) is 20.7. The van der Waals surface area contributed by atoms with E-state index < -0.39 is 0 Å². The summed E-state index contributed by atoms with van der Waals surface area (Å²) in [5.74, 6) is 5.24. The zero-order valence-electron chi connectivity index (χ0n) is 5.26. The van der Waals surface area contributed by atoms with Crippen LogP contribution in [0.5, 0.6) is 0 Å². The summed E-state index contributed by atoms with van der Waals surface area (Å²) in [6.45, 7) is 3.09. The van der Waals surface area contributed by atoms with Gasteiger partial charge in [0.05, 0.1) is 0 Å². The summed E-state index contributed by atoms with van der Waals surface area (Å²) in [5, 5.41) is 1.68. The highest BCUT2D eigenvalue weighted by Crippen LogP contribution is 1.72. The van der Waals surface area contributed by atoms with E-state index in [4.69, 9.17) is 5.84 Å². The molecule has 0 radical (unpaired) electrons. The van der Waals surface area contributed by atoms with Crippen LogP contribution in [0.25, 0.3) is 0 Å². The molecule has 0 saturated carbocycles. The van der Waals surface area contributed by atoms with E-state index in [1.54, 1.807) is 5.01 Å². The van der Waals surface area contributed by atoms with Crippen molar-refractivity contribution in [3.8, 4) is 0 Å². The molecule has 54 valence electrons. The molecule has 0 spiro atoms. The van der Waals surface area contributed by atoms with Gasteiger partial charge >= 0.3 is 0 Å². The third kappa shape index (κ3) is 16.1. The third-order valence-electron chi connectivity index (χ3n) is 0.576. The quantitative estimate of drug-likeness (QED) is 0.484. The Bertz CT molecular complexity index is 33.2. The minimum atomic E-state index is 0. The molecule has 4 heteroatoms. The van der Waals surface area contributed by atoms with E-state index in [1.165, 1.54) is 0 Å². The van der Waals surface area contributed by atoms with E-state index in [-0.39, 0.29) is 24.8 Å². The van der Waals surface area contributed by atoms with Gasteiger partial charge in [0.25, 0.3) is 0 Å². The highest BCUT2D eigenvalue weighted by molar-refractivity contribution is 5.85. The Morgan fingerprint density at radius 2 is 1.75 bits per heavy atom. The van der Waals surface area contributed by atoms with E-state index in [1.807, 2.05) is 7.05 Å². The number of rotatable bonds is 2. The van der Waals surface area contributed by atoms with Crippen molar-refractivity contribution in [2.45, 2.75) is 13.3 Å². The molecule has 0 amide bonds. The summed E-state index contributed by atoms with van der Waals surface area (Å²) in [4.78, 5) is 0. The zero-order valence-corrected chi connectivity index (χ0v) is 6.89. The predicted molar refractivity (Wildman–Crippen MR) is 41.6 cm³/mol. The molecule has 0 aromatic rings. The number of hydrogen-bond donors (Lipinski definition) is 1. The van der Waals surface area contributed by atoms with Gasteiger partial charge < -0.3 is 0 Å². The summed E-state index contributed by atoms with van der Waals surface area (Å²) >= 11 is 0. The molecule has 8 heavy (non-hydrogen) atoms. The van der Waals surface area contributed by atoms with Crippen LogP contribution in [0.2, 0.25) is 0 Å². The van der Waals surface area contributed by atoms with Gasteiger partial charge in [-0.3, -0.25) is 10.9 Å². The Hall–Kier alpha value is 0.500. The SMILES string of the molecule is CCCN(C)N.Cl.Cl. The second-order valence-electron chi connectivity index (χ2n) is 1.48. The lowest BCUT2D eigenvalue weighted by molar-refractivity contribution is 0.350. The minimum absolute atomic E-state index is 0. The van der Waals surface area contributed by atoms with Crippen molar-refractivity contribution in [1.29, 1.82) is 0 Å². The standard InChI is InChI=1S/C4H12N2.2ClH/c1-3-4-6(2)5;;/h3-5H2,1-2H3;2*1H. The van der Waals surface area contributed by atoms with Crippen LogP contribution >= 0.6 is 24.8 Å². The van der Waals surface area contributed by atoms with Crippen LogP contribution in [0.3, 0.4) is 0 Å². The second kappa shape index (κ2) is 10.5. The minimum Gasteiger partial charge on any atom is -0.269 e. The summed E-state index contributed by atoms with van der Waals surface area (Å²) in [6.07, 6.45) is 1.13. The van der Waals surface area contributed by atoms with Crippen LogP contribution in [0.4, 0.5) is 0 Å². The molecule has 0 bridgehead atoms. The Labute approximate surface area is 63.2 Å². The molecular formula is C4H14Cl2N2. The fourth-order valence-electron chi connectivity index (χ4n) is 0.353. The number of nitrogens with two attached hydrogens (primary N) is 1. The first-order valence-electron chi connectivity index (χ1n) is 2.23. The molecule has 0 aliphatic rings. The zero-order chi connectivity index (χ0) is 4.99. The van der Waals surface area contributed by atoms with E-state index >= 15 is 0 Å². The van der Waals surface area contributed by atoms with E-state index in [9.17, 15) is 0 Å². The smallest absolute Gasteiger partial charge is 0.0122 e. The highest BCUT2D eigenvalue weighted by Gasteiger charge is 1.79. The van der Waals surface area contributed by atoms with Gasteiger partial charge in [0, 0.05) is 13.6 Å². The van der Waals surface area contributed by atoms with Crippen LogP contribution < -0.4 is 5.84 Å². The molecule has 0 aliphatic heterocycles. The molecule has 0 atom stereocenters. The van der Waals surface area contributed by atoms with Gasteiger partial charge in [-0.15, -0.1) is 24.8 Å². The van der Waals surface area contributed by atoms with E-state index in [0.717, 1.165) is 13.0 Å². The third-order valence-corrected chi connectivity index (χ3v) is 0.576. The van der Waals surface area contributed by atoms with Crippen LogP contribution in [-0.4, -0.2) is 18.6 Å². The molecule has 0 heterocycles. The lowest BCUT2D eigenvalue weighted by atomic mass is 10.5. The molecule has 0 saturated heterocycles. The summed E-state index contributed by atoms with van der Waals surface area (Å²) in [5.41, 5.74) is 0. The topological polar surface area (TPSA) is 29.3 Å². The number of nitrogens with zero attached hydrogens (tertiary/aromatic N) is 1. The first kappa shape index (κ1) is 15.8. The summed E-state index contributed by atoms with van der Waals surface area (Å²) in [7, 11) is 1.86. The number of hydrazine groups is 1. The second-order valence-corrected chi connectivity index (χ2v) is 1.48. The number of hydrogen-bond acceptors (Lipinski definition) is 2. The monoisotopic (exact) mass is 160 g/mol. The van der Waals surface area contributed by atoms with E-state index in [0.29, 0.717) is 0 Å². The van der Waals surface area contributed by atoms with Gasteiger partial charge in [-0.2, -0.15) is 0 Å². The van der Waals surface area contributed by atoms with Crippen LogP contribution in [0.1, 0.15) is 13.3 Å². The van der Waals surface area contributed by atoms with Gasteiger partial charge in [0.2, 0.25) is 0 Å². The first-order chi connectivity index (χ1) is 2.77. The largest absolute Gasteiger partial charge is 0.269 e. The Balaban J connectivity index is -0.000000125. The van der Waals surface area contributed by atoms with Crippen molar-refractivity contribution in [2.24, 2.45) is 5.84 Å². The van der Waals surface area contributed by atoms with Gasteiger partial charge in [-0.1, -0.05) is 6.92 Å². The summed E-state index contributed by atoms with van der Waals surface area (Å²) in [6, 6.07) is 0. The molecule has 0 unspecified atom stereocenters. The molecule has 0 fully saturated rings. The molecule has 0 aromatic heterocycles. The molecular weight excluding hydrogens is 147 g/mol. The van der Waals surface area contributed by atoms with E-state index in [2.05, 4.69) is 6.92 Å². The first-order valence-corrected chi connectivity index (χ1v) is 2.23. The van der Waals surface area contributed by atoms with Crippen molar-refractivity contribution in [2.75, 3.05) is 13.6 Å². The lowest BCUT2D eigenvalue weighted by Crippen LogP contribution is -2.26. The highest BCUT2D eigenvalue weighted by atomic mass is 35.5. The molecule has 0 aliphatic carbocycles. The van der Waals surface area contributed by atoms with Crippen molar-refractivity contribution in [1.82, 2.24) is 5.01 Å². The van der Waals surface area contributed by atoms with Crippen molar-refractivity contribution < 1.29 is 0 Å². The average molecular weight is 161 g/mol. The van der Waals surface area contributed by atoms with Gasteiger partial charge in [0.1, 0.15) is 0 Å². The van der Waals surface area contributed by atoms with Crippen LogP contribution in [0.15, 0.2) is 0 Å². The maximum Gasteiger partial charge on any atom is 0.0122 e. The maximum absolute atomic E-state index is 5.24.